The first-order chi connectivity index (χ1) is 15.2. The minimum atomic E-state index is -1.09. The molecule has 2 heterocycles. The lowest BCUT2D eigenvalue weighted by Crippen LogP contribution is -2.43. The molecule has 1 aliphatic heterocycles. The van der Waals surface area contributed by atoms with Crippen molar-refractivity contribution in [2.24, 2.45) is 0 Å². The Kier molecular flexibility index (Phi) is 7.21. The van der Waals surface area contributed by atoms with Gasteiger partial charge in [0, 0.05) is 32.5 Å². The van der Waals surface area contributed by atoms with E-state index in [2.05, 4.69) is 15.3 Å². The Morgan fingerprint density at radius 3 is 2.31 bits per heavy atom. The highest BCUT2D eigenvalue weighted by molar-refractivity contribution is 5.74. The normalized spacial score (nSPS) is 22.1. The van der Waals surface area contributed by atoms with Gasteiger partial charge in [0.2, 0.25) is 0 Å². The predicted molar refractivity (Wildman–Crippen MR) is 110 cm³/mol. The zero-order chi connectivity index (χ0) is 23.3. The van der Waals surface area contributed by atoms with E-state index in [9.17, 15) is 19.2 Å². The number of carbonyl (C=O) groups is 3. The number of benzene rings is 1. The summed E-state index contributed by atoms with van der Waals surface area (Å²) in [5.74, 6) is -1.57. The zero-order valence-corrected chi connectivity index (χ0v) is 17.7. The fraction of sp³-hybridized carbons (Fsp3) is 0.381. The van der Waals surface area contributed by atoms with Gasteiger partial charge in [0.15, 0.2) is 18.4 Å². The summed E-state index contributed by atoms with van der Waals surface area (Å²) >= 11 is 0. The van der Waals surface area contributed by atoms with Gasteiger partial charge in [-0.3, -0.25) is 19.4 Å². The highest BCUT2D eigenvalue weighted by Gasteiger charge is 2.50. The predicted octanol–water partition coefficient (Wildman–Crippen LogP) is 1.00. The van der Waals surface area contributed by atoms with Crippen LogP contribution in [0, 0.1) is 0 Å². The molecule has 170 valence electrons. The SMILES string of the molecule is CC(=O)OC[C@H]1O[C@@H](Nc2[nH]c(=O)ncc2-c2ccccc2)[C@H](OC(C)=O)[C@H]1OC(C)=O. The second kappa shape index (κ2) is 10.1. The third-order valence-corrected chi connectivity index (χ3v) is 4.55. The van der Waals surface area contributed by atoms with Crippen molar-refractivity contribution in [1.82, 2.24) is 9.97 Å². The molecule has 32 heavy (non-hydrogen) atoms. The molecule has 2 N–H and O–H groups in total. The number of esters is 3. The van der Waals surface area contributed by atoms with Crippen molar-refractivity contribution in [2.45, 2.75) is 45.3 Å². The van der Waals surface area contributed by atoms with E-state index in [1.165, 1.54) is 27.0 Å². The quantitative estimate of drug-likeness (QED) is 0.467. The van der Waals surface area contributed by atoms with Gasteiger partial charge in [0.1, 0.15) is 18.5 Å². The van der Waals surface area contributed by atoms with Crippen molar-refractivity contribution >= 4 is 23.7 Å². The van der Waals surface area contributed by atoms with Gasteiger partial charge in [-0.2, -0.15) is 0 Å². The van der Waals surface area contributed by atoms with Gasteiger partial charge in [-0.25, -0.2) is 9.78 Å². The van der Waals surface area contributed by atoms with Gasteiger partial charge in [-0.15, -0.1) is 0 Å². The molecule has 4 atom stereocenters. The summed E-state index contributed by atoms with van der Waals surface area (Å²) in [6, 6.07) is 9.14. The van der Waals surface area contributed by atoms with E-state index >= 15 is 0 Å². The largest absolute Gasteiger partial charge is 0.463 e. The Hall–Kier alpha value is -3.73. The molecule has 1 aromatic heterocycles. The molecular formula is C21H23N3O8. The molecule has 0 spiro atoms. The first-order valence-electron chi connectivity index (χ1n) is 9.79. The van der Waals surface area contributed by atoms with Crippen LogP contribution in [0.4, 0.5) is 5.82 Å². The zero-order valence-electron chi connectivity index (χ0n) is 17.7. The number of aromatic amines is 1. The van der Waals surface area contributed by atoms with Crippen LogP contribution < -0.4 is 11.0 Å². The standard InChI is InChI=1S/C21H23N3O8/c1-11(25)29-10-16-17(30-12(2)26)18(31-13(3)27)20(32-16)23-19-15(9-22-21(28)24-19)14-7-5-4-6-8-14/h4-9,16-18,20H,10H2,1-3H3,(H2,22,23,24,28)/t16-,17+,18-,20-/m1/s1. The Morgan fingerprint density at radius 1 is 1.03 bits per heavy atom. The number of nitrogens with one attached hydrogen (secondary N) is 2. The molecule has 0 bridgehead atoms. The molecule has 0 radical (unpaired) electrons. The first-order valence-corrected chi connectivity index (χ1v) is 9.79. The lowest BCUT2D eigenvalue weighted by atomic mass is 10.1. The molecule has 1 aromatic carbocycles. The molecule has 1 saturated heterocycles. The lowest BCUT2D eigenvalue weighted by Gasteiger charge is -2.24. The lowest BCUT2D eigenvalue weighted by molar-refractivity contribution is -0.165. The van der Waals surface area contributed by atoms with Gasteiger partial charge in [0.25, 0.3) is 0 Å². The van der Waals surface area contributed by atoms with E-state index in [-0.39, 0.29) is 12.4 Å². The topological polar surface area (TPSA) is 146 Å². The number of H-pyrrole nitrogens is 1. The number of anilines is 1. The summed E-state index contributed by atoms with van der Waals surface area (Å²) in [6.45, 7) is 3.39. The molecular weight excluding hydrogens is 422 g/mol. The number of ether oxygens (including phenoxy) is 4. The minimum absolute atomic E-state index is 0.234. The Labute approximate surface area is 183 Å². The molecule has 0 aliphatic carbocycles. The number of nitrogens with zero attached hydrogens (tertiary/aromatic N) is 1. The van der Waals surface area contributed by atoms with Crippen LogP contribution in [-0.4, -0.2) is 59.0 Å². The summed E-state index contributed by atoms with van der Waals surface area (Å²) in [4.78, 5) is 52.9. The average Bonchev–Trinajstić information content (AvgIpc) is 3.02. The smallest absolute Gasteiger partial charge is 0.346 e. The maximum atomic E-state index is 11.9. The van der Waals surface area contributed by atoms with E-state index < -0.39 is 48.1 Å². The second-order valence-electron chi connectivity index (χ2n) is 7.03. The van der Waals surface area contributed by atoms with E-state index in [4.69, 9.17) is 18.9 Å². The van der Waals surface area contributed by atoms with Crippen molar-refractivity contribution < 1.29 is 33.3 Å². The van der Waals surface area contributed by atoms with Gasteiger partial charge in [-0.1, -0.05) is 30.3 Å². The fourth-order valence-corrected chi connectivity index (χ4v) is 3.32. The van der Waals surface area contributed by atoms with Crippen molar-refractivity contribution in [2.75, 3.05) is 11.9 Å². The molecule has 3 rings (SSSR count). The van der Waals surface area contributed by atoms with Crippen molar-refractivity contribution in [1.29, 1.82) is 0 Å². The maximum Gasteiger partial charge on any atom is 0.346 e. The van der Waals surface area contributed by atoms with Crippen LogP contribution in [0.25, 0.3) is 11.1 Å². The van der Waals surface area contributed by atoms with Crippen LogP contribution in [0.3, 0.4) is 0 Å². The van der Waals surface area contributed by atoms with E-state index in [1.54, 1.807) is 0 Å². The highest BCUT2D eigenvalue weighted by Crippen LogP contribution is 2.31. The van der Waals surface area contributed by atoms with Crippen molar-refractivity contribution in [3.8, 4) is 11.1 Å². The Balaban J connectivity index is 1.95. The molecule has 1 fully saturated rings. The second-order valence-corrected chi connectivity index (χ2v) is 7.03. The van der Waals surface area contributed by atoms with Gasteiger partial charge in [-0.05, 0) is 5.56 Å². The Bertz CT molecular complexity index is 1040. The van der Waals surface area contributed by atoms with E-state index in [0.717, 1.165) is 5.56 Å². The van der Waals surface area contributed by atoms with Crippen molar-refractivity contribution in [3.05, 3.63) is 47.0 Å². The van der Waals surface area contributed by atoms with Crippen LogP contribution in [0.5, 0.6) is 0 Å². The van der Waals surface area contributed by atoms with Gasteiger partial charge < -0.3 is 24.3 Å². The monoisotopic (exact) mass is 445 g/mol. The van der Waals surface area contributed by atoms with Gasteiger partial charge in [0.05, 0.1) is 0 Å². The molecule has 1 aliphatic rings. The average molecular weight is 445 g/mol. The van der Waals surface area contributed by atoms with E-state index in [0.29, 0.717) is 5.56 Å². The van der Waals surface area contributed by atoms with Crippen LogP contribution >= 0.6 is 0 Å². The summed E-state index contributed by atoms with van der Waals surface area (Å²) in [5, 5.41) is 3.00. The summed E-state index contributed by atoms with van der Waals surface area (Å²) < 4.78 is 21.6. The number of hydrogen-bond donors (Lipinski definition) is 2. The Morgan fingerprint density at radius 2 is 1.69 bits per heavy atom. The maximum absolute atomic E-state index is 11.9. The first kappa shape index (κ1) is 22.9. The number of aromatic nitrogens is 2. The minimum Gasteiger partial charge on any atom is -0.463 e. The van der Waals surface area contributed by atoms with Crippen LogP contribution in [0.2, 0.25) is 0 Å². The number of hydrogen-bond acceptors (Lipinski definition) is 10. The number of rotatable bonds is 7. The summed E-state index contributed by atoms with van der Waals surface area (Å²) in [5.41, 5.74) is 0.707. The molecule has 11 nitrogen and oxygen atoms in total. The molecule has 0 unspecified atom stereocenters. The summed E-state index contributed by atoms with van der Waals surface area (Å²) in [6.07, 6.45) is -2.70. The molecule has 0 saturated carbocycles. The van der Waals surface area contributed by atoms with Crippen LogP contribution in [-0.2, 0) is 33.3 Å². The fourth-order valence-electron chi connectivity index (χ4n) is 3.32. The van der Waals surface area contributed by atoms with Crippen LogP contribution in [0.1, 0.15) is 20.8 Å². The van der Waals surface area contributed by atoms with Crippen LogP contribution in [0.15, 0.2) is 41.3 Å². The van der Waals surface area contributed by atoms with E-state index in [1.807, 2.05) is 30.3 Å². The third kappa shape index (κ3) is 5.70. The highest BCUT2D eigenvalue weighted by atomic mass is 16.7. The van der Waals surface area contributed by atoms with Crippen molar-refractivity contribution in [3.63, 3.8) is 0 Å². The molecule has 2 aromatic rings. The summed E-state index contributed by atoms with van der Waals surface area (Å²) in [7, 11) is 0. The van der Waals surface area contributed by atoms with Gasteiger partial charge >= 0.3 is 23.6 Å². The molecule has 11 heteroatoms. The third-order valence-electron chi connectivity index (χ3n) is 4.55. The number of carbonyl (C=O) groups excluding carboxylic acids is 3. The molecule has 0 amide bonds.